The third-order valence-electron chi connectivity index (χ3n) is 3.97. The van der Waals surface area contributed by atoms with Gasteiger partial charge in [-0.15, -0.1) is 0 Å². The first-order valence-electron chi connectivity index (χ1n) is 11.3. The van der Waals surface area contributed by atoms with Crippen molar-refractivity contribution in [3.63, 3.8) is 0 Å². The molecular formula is C19H53N4O12P3S. The van der Waals surface area contributed by atoms with Gasteiger partial charge in [0.25, 0.3) is 0 Å². The topological polar surface area (TPSA) is 209 Å². The van der Waals surface area contributed by atoms with E-state index in [0.717, 1.165) is 13.1 Å². The Hall–Kier alpha value is 0.520. The lowest BCUT2D eigenvalue weighted by Gasteiger charge is -2.19. The molecule has 39 heavy (non-hydrogen) atoms. The van der Waals surface area contributed by atoms with Gasteiger partial charge in [-0.25, -0.2) is 28.5 Å². The number of aliphatic hydroxyl groups excluding tert-OH is 2. The zero-order chi connectivity index (χ0) is 30.4. The highest BCUT2D eigenvalue weighted by molar-refractivity contribution is 7.80. The number of hydrogen-bond donors (Lipinski definition) is 6. The van der Waals surface area contributed by atoms with Crippen LogP contribution in [0.5, 0.6) is 0 Å². The highest BCUT2D eigenvalue weighted by atomic mass is 32.1. The molecule has 0 spiro atoms. The first-order valence-corrected chi connectivity index (χ1v) is 16.5. The molecule has 0 aromatic rings. The molecule has 0 aromatic heterocycles. The molecule has 1 aliphatic rings. The van der Waals surface area contributed by atoms with E-state index in [4.69, 9.17) is 20.7 Å². The van der Waals surface area contributed by atoms with Crippen LogP contribution in [0.2, 0.25) is 0 Å². The lowest BCUT2D eigenvalue weighted by molar-refractivity contribution is 0.160. The maximum absolute atomic E-state index is 11.5. The quantitative estimate of drug-likeness (QED) is 0.0610. The summed E-state index contributed by atoms with van der Waals surface area (Å²) >= 11 is 3.87. The second kappa shape index (κ2) is 26.2. The molecule has 1 fully saturated rings. The van der Waals surface area contributed by atoms with Gasteiger partial charge >= 0.3 is 23.2 Å². The van der Waals surface area contributed by atoms with Crippen LogP contribution in [-0.4, -0.2) is 115 Å². The minimum Gasteiger partial charge on any atom is -0.395 e. The lowest BCUT2D eigenvalue weighted by Crippen LogP contribution is -2.28. The van der Waals surface area contributed by atoms with E-state index < -0.39 is 23.2 Å². The SMILES string of the molecule is C.COP(=O)(N[C@@H](C)CO)OC.COP(=O)(N[C@@H](C)COCS)OC.COP(=O)(OC)N1CC1.C[C@H](N)CO. The molecule has 16 nitrogen and oxygen atoms in total. The Kier molecular flexibility index (Phi) is 31.2. The fraction of sp³-hybridized carbons (Fsp3) is 1.00. The number of nitrogens with one attached hydrogen (secondary N) is 2. The molecule has 3 atom stereocenters. The van der Waals surface area contributed by atoms with E-state index in [1.54, 1.807) is 18.5 Å². The fourth-order valence-electron chi connectivity index (χ4n) is 1.80. The van der Waals surface area contributed by atoms with E-state index in [2.05, 4.69) is 49.9 Å². The largest absolute Gasteiger partial charge is 0.407 e. The van der Waals surface area contributed by atoms with Gasteiger partial charge in [-0.1, -0.05) is 7.43 Å². The molecule has 0 unspecified atom stereocenters. The zero-order valence-corrected chi connectivity index (χ0v) is 27.3. The van der Waals surface area contributed by atoms with Crippen LogP contribution in [0.4, 0.5) is 0 Å². The van der Waals surface area contributed by atoms with Crippen LogP contribution in [0.25, 0.3) is 0 Å². The summed E-state index contributed by atoms with van der Waals surface area (Å²) in [6.07, 6.45) is 0. The van der Waals surface area contributed by atoms with E-state index in [1.807, 2.05) is 6.92 Å². The van der Waals surface area contributed by atoms with Gasteiger partial charge in [-0.05, 0) is 20.8 Å². The molecule has 242 valence electrons. The van der Waals surface area contributed by atoms with E-state index in [-0.39, 0.29) is 38.8 Å². The minimum atomic E-state index is -3.16. The molecule has 0 aromatic carbocycles. The van der Waals surface area contributed by atoms with Gasteiger partial charge in [0.05, 0.1) is 25.8 Å². The number of rotatable bonds is 16. The predicted molar refractivity (Wildman–Crippen MR) is 156 cm³/mol. The molecular weight excluding hydrogens is 601 g/mol. The predicted octanol–water partition coefficient (Wildman–Crippen LogP) is 2.29. The summed E-state index contributed by atoms with van der Waals surface area (Å²) in [5.74, 6) is 0.330. The standard InChI is InChI=1S/C6H16NO4PS.C5H14NO4P.C4H10NO3P.C3H9NO.CH4/c1-6(4-11-5-13)7-12(8,9-2)10-3;1-5(4-7)6-11(8,9-2)10-3;1-7-9(6,8-2)5-3-4-5;1-3(4)2-5;/h6,13H,4-5H2,1-3H3,(H,7,8);5,7H,4H2,1-3H3,(H,6,8);3-4H2,1-2H3;3,5H,2,4H2,1H3;1H4/t6-;5-;;3-;/m00.0./s1. The Morgan fingerprint density at radius 3 is 1.36 bits per heavy atom. The van der Waals surface area contributed by atoms with Gasteiger partial charge in [-0.2, -0.15) is 12.6 Å². The van der Waals surface area contributed by atoms with Crippen LogP contribution in [0.1, 0.15) is 28.2 Å². The van der Waals surface area contributed by atoms with Crippen molar-refractivity contribution < 1.29 is 55.8 Å². The van der Waals surface area contributed by atoms with Gasteiger partial charge in [0.2, 0.25) is 0 Å². The molecule has 0 saturated carbocycles. The average molecular weight is 655 g/mol. The zero-order valence-electron chi connectivity index (χ0n) is 23.8. The normalized spacial score (nSPS) is 15.6. The third-order valence-corrected chi connectivity index (χ3v) is 9.61. The Morgan fingerprint density at radius 1 is 0.795 bits per heavy atom. The van der Waals surface area contributed by atoms with E-state index in [0.29, 0.717) is 12.5 Å². The monoisotopic (exact) mass is 654 g/mol. The summed E-state index contributed by atoms with van der Waals surface area (Å²) in [6.45, 7) is 7.24. The Labute approximate surface area is 240 Å². The van der Waals surface area contributed by atoms with Gasteiger partial charge < -0.3 is 38.8 Å². The molecule has 0 aliphatic carbocycles. The highest BCUT2D eigenvalue weighted by Crippen LogP contribution is 2.54. The average Bonchev–Trinajstić information content (AvgIpc) is 3.78. The number of hydrogen-bond acceptors (Lipinski definition) is 14. The second-order valence-electron chi connectivity index (χ2n) is 7.42. The smallest absolute Gasteiger partial charge is 0.395 e. The van der Waals surface area contributed by atoms with Crippen molar-refractivity contribution in [2.45, 2.75) is 46.3 Å². The number of ether oxygens (including phenoxy) is 1. The molecule has 20 heteroatoms. The van der Waals surface area contributed by atoms with Crippen LogP contribution >= 0.6 is 35.9 Å². The summed E-state index contributed by atoms with van der Waals surface area (Å²) in [5, 5.41) is 21.8. The molecule has 6 N–H and O–H groups in total. The summed E-state index contributed by atoms with van der Waals surface area (Å²) in [6, 6.07) is -0.478. The maximum atomic E-state index is 11.5. The van der Waals surface area contributed by atoms with Crippen LogP contribution < -0.4 is 15.9 Å². The van der Waals surface area contributed by atoms with Crippen LogP contribution in [0, 0.1) is 0 Å². The molecule has 0 bridgehead atoms. The third kappa shape index (κ3) is 24.8. The minimum absolute atomic E-state index is 0. The van der Waals surface area contributed by atoms with Crippen molar-refractivity contribution in [1.29, 1.82) is 0 Å². The highest BCUT2D eigenvalue weighted by Gasteiger charge is 2.39. The number of aliphatic hydroxyl groups is 2. The van der Waals surface area contributed by atoms with E-state index in [9.17, 15) is 13.7 Å². The number of thiol groups is 1. The van der Waals surface area contributed by atoms with Crippen molar-refractivity contribution >= 4 is 35.9 Å². The van der Waals surface area contributed by atoms with E-state index >= 15 is 0 Å². The number of nitrogens with two attached hydrogens (primary N) is 1. The van der Waals surface area contributed by atoms with Crippen LogP contribution in [-0.2, 0) is 45.6 Å². The molecule has 1 saturated heterocycles. The molecule has 0 amide bonds. The molecule has 1 aliphatic heterocycles. The van der Waals surface area contributed by atoms with Gasteiger partial charge in [0, 0.05) is 73.9 Å². The molecule has 0 radical (unpaired) electrons. The van der Waals surface area contributed by atoms with Crippen molar-refractivity contribution in [1.82, 2.24) is 14.8 Å². The molecule has 1 heterocycles. The van der Waals surface area contributed by atoms with Gasteiger partial charge in [0.1, 0.15) is 0 Å². The van der Waals surface area contributed by atoms with Gasteiger partial charge in [-0.3, -0.25) is 9.05 Å². The fourth-order valence-corrected chi connectivity index (χ4v) is 5.05. The first kappa shape index (κ1) is 46.5. The maximum Gasteiger partial charge on any atom is 0.407 e. The first-order chi connectivity index (χ1) is 17.6. The summed E-state index contributed by atoms with van der Waals surface area (Å²) in [7, 11) is -1.12. The summed E-state index contributed by atoms with van der Waals surface area (Å²) in [4.78, 5) is 0. The number of nitrogens with zero attached hydrogens (tertiary/aromatic N) is 1. The Bertz CT molecular complexity index is 687. The van der Waals surface area contributed by atoms with Crippen LogP contribution in [0.15, 0.2) is 0 Å². The van der Waals surface area contributed by atoms with Crippen LogP contribution in [0.3, 0.4) is 0 Å². The molecule has 1 rings (SSSR count). The van der Waals surface area contributed by atoms with Gasteiger partial charge in [0.15, 0.2) is 0 Å². The summed E-state index contributed by atoms with van der Waals surface area (Å²) < 4.78 is 68.5. The Morgan fingerprint density at radius 2 is 1.15 bits per heavy atom. The van der Waals surface area contributed by atoms with Crippen molar-refractivity contribution in [3.8, 4) is 0 Å². The van der Waals surface area contributed by atoms with E-state index in [1.165, 1.54) is 42.7 Å². The lowest BCUT2D eigenvalue weighted by atomic mass is 10.4. The van der Waals surface area contributed by atoms with Crippen molar-refractivity contribution in [3.05, 3.63) is 0 Å². The van der Waals surface area contributed by atoms with Crippen molar-refractivity contribution in [2.24, 2.45) is 5.73 Å². The summed E-state index contributed by atoms with van der Waals surface area (Å²) in [5.41, 5.74) is 5.04. The van der Waals surface area contributed by atoms with Crippen molar-refractivity contribution in [2.75, 3.05) is 81.5 Å². The second-order valence-corrected chi connectivity index (χ2v) is 13.9. The Balaban J connectivity index is -0.000000216.